The number of hydrogen-bond acceptors (Lipinski definition) is 0. The lowest BCUT2D eigenvalue weighted by Gasteiger charge is -2.09. The molecule has 0 aliphatic rings. The Morgan fingerprint density at radius 1 is 1.42 bits per heavy atom. The topological polar surface area (TPSA) is 0 Å². The zero-order chi connectivity index (χ0) is 9.56. The maximum atomic E-state index is 12.6. The molecule has 0 aliphatic carbocycles. The summed E-state index contributed by atoms with van der Waals surface area (Å²) in [5, 5.41) is 0. The molecule has 1 atom stereocenters. The van der Waals surface area contributed by atoms with E-state index in [1.807, 2.05) is 0 Å². The molecule has 0 radical (unpaired) electrons. The highest BCUT2D eigenvalue weighted by Gasteiger charge is 2.16. The van der Waals surface area contributed by atoms with Gasteiger partial charge in [-0.3, -0.25) is 0 Å². The van der Waals surface area contributed by atoms with Crippen molar-refractivity contribution in [2.75, 3.05) is 0 Å². The molecule has 0 spiro atoms. The van der Waals surface area contributed by atoms with E-state index >= 15 is 0 Å². The monoisotopic (exact) mass is 194 g/mol. The predicted octanol–water partition coefficient (Wildman–Crippen LogP) is 2.43. The molecule has 0 N–H and O–H groups in total. The Morgan fingerprint density at radius 3 is 2.33 bits per heavy atom. The summed E-state index contributed by atoms with van der Waals surface area (Å²) in [6.45, 7) is 3.46. The molecule has 0 amide bonds. The molecule has 0 saturated heterocycles. The third-order valence-electron chi connectivity index (χ3n) is 1.75. The van der Waals surface area contributed by atoms with Crippen molar-refractivity contribution in [2.24, 2.45) is 5.92 Å². The summed E-state index contributed by atoms with van der Waals surface area (Å²) in [4.78, 5) is 0. The van der Waals surface area contributed by atoms with E-state index in [0.717, 1.165) is 10.2 Å². The molecule has 0 aromatic rings. The maximum Gasteiger partial charge on any atom is 0.301 e. The standard InChI is InChI=1S/C8H13F3Si/c1-2-3-4-6(5-12)7(9)8(10)11/h2,6H,1,3-5H2,12H3. The Labute approximate surface area is 73.6 Å². The fourth-order valence-electron chi connectivity index (χ4n) is 0.983. The fraction of sp³-hybridized carbons (Fsp3) is 0.500. The Bertz CT molecular complexity index is 173. The first-order valence-corrected chi connectivity index (χ1v) is 5.36. The average molecular weight is 194 g/mol. The van der Waals surface area contributed by atoms with Gasteiger partial charge in [-0.15, -0.1) is 6.58 Å². The van der Waals surface area contributed by atoms with Gasteiger partial charge in [0.1, 0.15) is 0 Å². The second-order valence-corrected chi connectivity index (χ2v) is 3.40. The van der Waals surface area contributed by atoms with Gasteiger partial charge in [0.25, 0.3) is 0 Å². The molecule has 0 heterocycles. The summed E-state index contributed by atoms with van der Waals surface area (Å²) in [7, 11) is 0.741. The van der Waals surface area contributed by atoms with Gasteiger partial charge >= 0.3 is 6.08 Å². The van der Waals surface area contributed by atoms with Gasteiger partial charge in [0.15, 0.2) is 5.83 Å². The van der Waals surface area contributed by atoms with Crippen LogP contribution in [0.1, 0.15) is 12.8 Å². The lowest BCUT2D eigenvalue weighted by molar-refractivity contribution is 0.341. The van der Waals surface area contributed by atoms with Gasteiger partial charge < -0.3 is 0 Å². The lowest BCUT2D eigenvalue weighted by atomic mass is 10.0. The van der Waals surface area contributed by atoms with Crippen molar-refractivity contribution >= 4 is 10.2 Å². The highest BCUT2D eigenvalue weighted by Crippen LogP contribution is 2.25. The van der Waals surface area contributed by atoms with Gasteiger partial charge in [0.05, 0.1) is 0 Å². The average Bonchev–Trinajstić information content (AvgIpc) is 2.05. The maximum absolute atomic E-state index is 12.6. The van der Waals surface area contributed by atoms with E-state index in [1.165, 1.54) is 0 Å². The van der Waals surface area contributed by atoms with Crippen LogP contribution in [0.2, 0.25) is 6.04 Å². The molecular weight excluding hydrogens is 181 g/mol. The van der Waals surface area contributed by atoms with Crippen LogP contribution in [0.5, 0.6) is 0 Å². The first-order valence-electron chi connectivity index (χ1n) is 3.95. The van der Waals surface area contributed by atoms with E-state index in [0.29, 0.717) is 18.9 Å². The van der Waals surface area contributed by atoms with Crippen LogP contribution in [0.25, 0.3) is 0 Å². The molecule has 0 nitrogen and oxygen atoms in total. The van der Waals surface area contributed by atoms with Crippen molar-refractivity contribution in [1.29, 1.82) is 0 Å². The number of hydrogen-bond donors (Lipinski definition) is 0. The van der Waals surface area contributed by atoms with Gasteiger partial charge in [-0.2, -0.15) is 8.78 Å². The molecule has 0 aliphatic heterocycles. The molecule has 1 unspecified atom stereocenters. The minimum atomic E-state index is -2.17. The van der Waals surface area contributed by atoms with Gasteiger partial charge in [0, 0.05) is 16.2 Å². The van der Waals surface area contributed by atoms with Gasteiger partial charge in [-0.25, -0.2) is 4.39 Å². The summed E-state index contributed by atoms with van der Waals surface area (Å²) >= 11 is 0. The van der Waals surface area contributed by atoms with Crippen molar-refractivity contribution in [3.8, 4) is 0 Å². The second kappa shape index (κ2) is 6.05. The highest BCUT2D eigenvalue weighted by molar-refractivity contribution is 6.08. The normalized spacial score (nSPS) is 12.6. The summed E-state index contributed by atoms with van der Waals surface area (Å²) in [5.74, 6) is -1.81. The van der Waals surface area contributed by atoms with Crippen molar-refractivity contribution < 1.29 is 13.2 Å². The summed E-state index contributed by atoms with van der Waals surface area (Å²) in [5.41, 5.74) is 0. The number of halogens is 3. The molecule has 0 rings (SSSR count). The quantitative estimate of drug-likeness (QED) is 0.466. The second-order valence-electron chi connectivity index (χ2n) is 2.58. The zero-order valence-corrected chi connectivity index (χ0v) is 9.12. The molecule has 0 aromatic carbocycles. The Balaban J connectivity index is 4.15. The van der Waals surface area contributed by atoms with E-state index in [1.54, 1.807) is 6.08 Å². The summed E-state index contributed by atoms with van der Waals surface area (Å²) in [6, 6.07) is 0.539. The van der Waals surface area contributed by atoms with Gasteiger partial charge in [-0.1, -0.05) is 12.1 Å². The predicted molar refractivity (Wildman–Crippen MR) is 48.0 cm³/mol. The van der Waals surface area contributed by atoms with Crippen LogP contribution in [0, 0.1) is 5.92 Å². The molecule has 0 aromatic heterocycles. The molecule has 70 valence electrons. The van der Waals surface area contributed by atoms with Crippen LogP contribution >= 0.6 is 0 Å². The van der Waals surface area contributed by atoms with Crippen molar-refractivity contribution in [2.45, 2.75) is 18.9 Å². The molecule has 4 heteroatoms. The van der Waals surface area contributed by atoms with Crippen molar-refractivity contribution in [3.05, 3.63) is 24.6 Å². The third kappa shape index (κ3) is 3.76. The van der Waals surface area contributed by atoms with Crippen LogP contribution in [0.15, 0.2) is 24.6 Å². The molecule has 12 heavy (non-hydrogen) atoms. The largest absolute Gasteiger partial charge is 0.301 e. The lowest BCUT2D eigenvalue weighted by Crippen LogP contribution is -2.00. The van der Waals surface area contributed by atoms with Crippen LogP contribution in [-0.2, 0) is 0 Å². The minimum absolute atomic E-state index is 0.441. The van der Waals surface area contributed by atoms with E-state index in [2.05, 4.69) is 6.58 Å². The molecule has 0 fully saturated rings. The Kier molecular flexibility index (Phi) is 5.79. The third-order valence-corrected chi connectivity index (χ3v) is 2.74. The van der Waals surface area contributed by atoms with E-state index < -0.39 is 17.8 Å². The highest BCUT2D eigenvalue weighted by atomic mass is 28.1. The first-order chi connectivity index (χ1) is 5.63. The zero-order valence-electron chi connectivity index (χ0n) is 7.12. The number of rotatable bonds is 5. The number of allylic oxidation sites excluding steroid dienone is 2. The van der Waals surface area contributed by atoms with E-state index in [-0.39, 0.29) is 0 Å². The van der Waals surface area contributed by atoms with Crippen LogP contribution in [0.3, 0.4) is 0 Å². The van der Waals surface area contributed by atoms with E-state index in [9.17, 15) is 13.2 Å². The smallest absolute Gasteiger partial charge is 0.206 e. The molecule has 0 saturated carbocycles. The Hall–Kier alpha value is -0.513. The van der Waals surface area contributed by atoms with Gasteiger partial charge in [-0.05, 0) is 12.8 Å². The first kappa shape index (κ1) is 11.5. The Morgan fingerprint density at radius 2 is 2.00 bits per heavy atom. The van der Waals surface area contributed by atoms with E-state index in [4.69, 9.17) is 0 Å². The summed E-state index contributed by atoms with van der Waals surface area (Å²) < 4.78 is 36.2. The molecular formula is C8H13F3Si. The molecule has 0 bridgehead atoms. The van der Waals surface area contributed by atoms with Crippen molar-refractivity contribution in [1.82, 2.24) is 0 Å². The summed E-state index contributed by atoms with van der Waals surface area (Å²) in [6.07, 6.45) is 0.483. The fourth-order valence-corrected chi connectivity index (χ4v) is 1.75. The van der Waals surface area contributed by atoms with Crippen LogP contribution < -0.4 is 0 Å². The SMILES string of the molecule is C=CCCC(C[SiH3])C(F)=C(F)F. The van der Waals surface area contributed by atoms with Crippen LogP contribution in [-0.4, -0.2) is 10.2 Å². The van der Waals surface area contributed by atoms with Gasteiger partial charge in [0.2, 0.25) is 0 Å². The van der Waals surface area contributed by atoms with Crippen molar-refractivity contribution in [3.63, 3.8) is 0 Å². The minimum Gasteiger partial charge on any atom is -0.206 e. The van der Waals surface area contributed by atoms with Crippen LogP contribution in [0.4, 0.5) is 13.2 Å².